The van der Waals surface area contributed by atoms with Crippen LogP contribution in [0.4, 0.5) is 11.5 Å². The van der Waals surface area contributed by atoms with E-state index >= 15 is 0 Å². The molecule has 0 fully saturated rings. The van der Waals surface area contributed by atoms with E-state index in [-0.39, 0.29) is 27.8 Å². The molecule has 0 saturated heterocycles. The van der Waals surface area contributed by atoms with E-state index in [2.05, 4.69) is 15.5 Å². The fourth-order valence-corrected chi connectivity index (χ4v) is 1.84. The van der Waals surface area contributed by atoms with Gasteiger partial charge in [0.2, 0.25) is 0 Å². The highest BCUT2D eigenvalue weighted by atomic mass is 35.5. The Bertz CT molecular complexity index is 722. The number of nitrogens with one attached hydrogen (secondary N) is 1. The Morgan fingerprint density at radius 3 is 2.81 bits per heavy atom. The lowest BCUT2D eigenvalue weighted by Crippen LogP contribution is -1.95. The first kappa shape index (κ1) is 15.0. The molecule has 1 aromatic carbocycles. The first-order valence-electron chi connectivity index (χ1n) is 5.55. The predicted octanol–water partition coefficient (Wildman–Crippen LogP) is 3.45. The van der Waals surface area contributed by atoms with Crippen molar-refractivity contribution >= 4 is 40.9 Å². The first-order valence-corrected chi connectivity index (χ1v) is 6.30. The molecule has 108 valence electrons. The molecular weight excluding hydrogens is 319 g/mol. The molecule has 0 saturated carbocycles. The molecule has 1 heterocycles. The van der Waals surface area contributed by atoms with Gasteiger partial charge in [-0.25, -0.2) is 4.98 Å². The van der Waals surface area contributed by atoms with Crippen molar-refractivity contribution in [2.24, 2.45) is 5.10 Å². The lowest BCUT2D eigenvalue weighted by Gasteiger charge is -2.02. The highest BCUT2D eigenvalue weighted by Gasteiger charge is 2.08. The second kappa shape index (κ2) is 6.38. The Morgan fingerprint density at radius 2 is 2.14 bits per heavy atom. The summed E-state index contributed by atoms with van der Waals surface area (Å²) < 4.78 is 0. The summed E-state index contributed by atoms with van der Waals surface area (Å²) in [5, 5.41) is 24.7. The molecule has 0 radical (unpaired) electrons. The number of phenols is 1. The molecule has 9 heteroatoms. The number of rotatable bonds is 4. The summed E-state index contributed by atoms with van der Waals surface area (Å²) in [4.78, 5) is 14.0. The number of benzene rings is 1. The number of phenolic OH excluding ortho intramolecular Hbond substituents is 1. The number of nitro benzene ring substituents is 1. The first-order chi connectivity index (χ1) is 9.97. The van der Waals surface area contributed by atoms with Crippen molar-refractivity contribution in [1.82, 2.24) is 4.98 Å². The molecule has 2 aromatic rings. The van der Waals surface area contributed by atoms with E-state index in [1.807, 2.05) is 0 Å². The average molecular weight is 327 g/mol. The Labute approximate surface area is 129 Å². The Morgan fingerprint density at radius 1 is 1.38 bits per heavy atom. The molecule has 0 aliphatic rings. The summed E-state index contributed by atoms with van der Waals surface area (Å²) >= 11 is 11.6. The summed E-state index contributed by atoms with van der Waals surface area (Å²) in [6, 6.07) is 5.08. The van der Waals surface area contributed by atoms with Gasteiger partial charge in [-0.2, -0.15) is 5.10 Å². The van der Waals surface area contributed by atoms with E-state index in [0.717, 1.165) is 0 Å². The number of aromatic hydroxyl groups is 1. The van der Waals surface area contributed by atoms with Crippen molar-refractivity contribution in [2.75, 3.05) is 5.43 Å². The maximum Gasteiger partial charge on any atom is 0.270 e. The van der Waals surface area contributed by atoms with E-state index in [0.29, 0.717) is 5.02 Å². The predicted molar refractivity (Wildman–Crippen MR) is 80.2 cm³/mol. The Hall–Kier alpha value is -2.38. The zero-order chi connectivity index (χ0) is 15.4. The summed E-state index contributed by atoms with van der Waals surface area (Å²) in [5.74, 6) is 0.128. The van der Waals surface area contributed by atoms with Crippen LogP contribution in [0.5, 0.6) is 5.75 Å². The molecule has 0 atom stereocenters. The third kappa shape index (κ3) is 3.80. The minimum absolute atomic E-state index is 0.138. The highest BCUT2D eigenvalue weighted by molar-refractivity contribution is 6.35. The van der Waals surface area contributed by atoms with Gasteiger partial charge in [-0.3, -0.25) is 15.5 Å². The third-order valence-electron chi connectivity index (χ3n) is 2.40. The molecule has 0 spiro atoms. The van der Waals surface area contributed by atoms with Gasteiger partial charge in [-0.1, -0.05) is 23.2 Å². The summed E-state index contributed by atoms with van der Waals surface area (Å²) in [5.41, 5.74) is 2.58. The molecule has 7 nitrogen and oxygen atoms in total. The van der Waals surface area contributed by atoms with Crippen LogP contribution in [0.1, 0.15) is 5.56 Å². The second-order valence-electron chi connectivity index (χ2n) is 3.85. The minimum Gasteiger partial charge on any atom is -0.507 e. The van der Waals surface area contributed by atoms with Gasteiger partial charge >= 0.3 is 0 Å². The lowest BCUT2D eigenvalue weighted by molar-refractivity contribution is -0.384. The standard InChI is InChI=1S/C12H8Cl2N4O3/c13-8-4-10(14)12(15-6-8)17-16-5-7-3-9(18(20)21)1-2-11(7)19/h1-6,19H,(H,15,17). The molecule has 21 heavy (non-hydrogen) atoms. The van der Waals surface area contributed by atoms with E-state index in [9.17, 15) is 15.2 Å². The molecule has 0 aliphatic carbocycles. The van der Waals surface area contributed by atoms with Crippen LogP contribution < -0.4 is 5.43 Å². The molecule has 2 N–H and O–H groups in total. The molecular formula is C12H8Cl2N4O3. The molecule has 0 amide bonds. The lowest BCUT2D eigenvalue weighted by atomic mass is 10.2. The highest BCUT2D eigenvalue weighted by Crippen LogP contribution is 2.23. The minimum atomic E-state index is -0.568. The maximum atomic E-state index is 10.7. The number of nitro groups is 1. The molecule has 1 aromatic heterocycles. The van der Waals surface area contributed by atoms with Crippen LogP contribution in [0.15, 0.2) is 35.6 Å². The normalized spacial score (nSPS) is 10.8. The van der Waals surface area contributed by atoms with Gasteiger partial charge in [0.1, 0.15) is 5.75 Å². The fourth-order valence-electron chi connectivity index (χ4n) is 1.42. The van der Waals surface area contributed by atoms with Crippen molar-refractivity contribution < 1.29 is 10.0 Å². The van der Waals surface area contributed by atoms with E-state index in [1.165, 1.54) is 36.7 Å². The number of hydrazone groups is 1. The van der Waals surface area contributed by atoms with Crippen LogP contribution in [0.3, 0.4) is 0 Å². The number of aromatic nitrogens is 1. The number of hydrogen-bond acceptors (Lipinski definition) is 6. The Kier molecular flexibility index (Phi) is 4.56. The SMILES string of the molecule is O=[N+]([O-])c1ccc(O)c(C=NNc2ncc(Cl)cc2Cl)c1. The van der Waals surface area contributed by atoms with Crippen molar-refractivity contribution in [2.45, 2.75) is 0 Å². The van der Waals surface area contributed by atoms with E-state index in [4.69, 9.17) is 23.2 Å². The zero-order valence-electron chi connectivity index (χ0n) is 10.3. The van der Waals surface area contributed by atoms with E-state index in [1.54, 1.807) is 0 Å². The van der Waals surface area contributed by atoms with Crippen molar-refractivity contribution in [3.8, 4) is 5.75 Å². The van der Waals surface area contributed by atoms with E-state index < -0.39 is 4.92 Å². The number of nitrogens with zero attached hydrogens (tertiary/aromatic N) is 3. The molecule has 0 unspecified atom stereocenters. The topological polar surface area (TPSA) is 101 Å². The molecule has 0 bridgehead atoms. The quantitative estimate of drug-likeness (QED) is 0.509. The third-order valence-corrected chi connectivity index (χ3v) is 2.90. The average Bonchev–Trinajstić information content (AvgIpc) is 2.43. The van der Waals surface area contributed by atoms with Gasteiger partial charge in [0, 0.05) is 23.9 Å². The van der Waals surface area contributed by atoms with Crippen LogP contribution >= 0.6 is 23.2 Å². The van der Waals surface area contributed by atoms with Crippen LogP contribution in [0.25, 0.3) is 0 Å². The summed E-state index contributed by atoms with van der Waals surface area (Å²) in [7, 11) is 0. The molecule has 2 rings (SSSR count). The van der Waals surface area contributed by atoms with Crippen LogP contribution in [0.2, 0.25) is 10.0 Å². The van der Waals surface area contributed by atoms with Gasteiger partial charge < -0.3 is 5.11 Å². The van der Waals surface area contributed by atoms with Gasteiger partial charge in [0.15, 0.2) is 5.82 Å². The van der Waals surface area contributed by atoms with Crippen molar-refractivity contribution in [3.05, 3.63) is 56.2 Å². The number of hydrogen-bond donors (Lipinski definition) is 2. The molecule has 0 aliphatic heterocycles. The van der Waals surface area contributed by atoms with Gasteiger partial charge in [-0.05, 0) is 12.1 Å². The second-order valence-corrected chi connectivity index (χ2v) is 4.70. The van der Waals surface area contributed by atoms with Gasteiger partial charge in [-0.15, -0.1) is 0 Å². The number of non-ortho nitro benzene ring substituents is 1. The van der Waals surface area contributed by atoms with Crippen molar-refractivity contribution in [3.63, 3.8) is 0 Å². The van der Waals surface area contributed by atoms with Gasteiger partial charge in [0.05, 0.1) is 21.2 Å². The number of anilines is 1. The largest absolute Gasteiger partial charge is 0.507 e. The fraction of sp³-hybridized carbons (Fsp3) is 0. The monoisotopic (exact) mass is 326 g/mol. The van der Waals surface area contributed by atoms with Gasteiger partial charge in [0.25, 0.3) is 5.69 Å². The van der Waals surface area contributed by atoms with Crippen molar-refractivity contribution in [1.29, 1.82) is 0 Å². The number of pyridine rings is 1. The summed E-state index contributed by atoms with van der Waals surface area (Å²) in [6.07, 6.45) is 2.60. The smallest absolute Gasteiger partial charge is 0.270 e. The summed E-state index contributed by atoms with van der Waals surface area (Å²) in [6.45, 7) is 0. The Balaban J connectivity index is 2.17. The maximum absolute atomic E-state index is 10.7. The number of halogens is 2. The van der Waals surface area contributed by atoms with Crippen LogP contribution in [0, 0.1) is 10.1 Å². The van der Waals surface area contributed by atoms with Crippen LogP contribution in [-0.4, -0.2) is 21.2 Å². The van der Waals surface area contributed by atoms with Crippen LogP contribution in [-0.2, 0) is 0 Å². The zero-order valence-corrected chi connectivity index (χ0v) is 11.8.